The van der Waals surface area contributed by atoms with Gasteiger partial charge in [-0.3, -0.25) is 4.79 Å². The highest BCUT2D eigenvalue weighted by atomic mass is 16.5. The molecule has 0 spiro atoms. The molecule has 0 aliphatic carbocycles. The predicted molar refractivity (Wildman–Crippen MR) is 64.2 cm³/mol. The third kappa shape index (κ3) is 2.34. The molecule has 5 nitrogen and oxygen atoms in total. The number of nitrogens with zero attached hydrogens (tertiary/aromatic N) is 1. The van der Waals surface area contributed by atoms with Crippen LogP contribution in [-0.4, -0.2) is 10.7 Å². The van der Waals surface area contributed by atoms with Crippen LogP contribution in [0.25, 0.3) is 0 Å². The molecule has 0 saturated carbocycles. The average Bonchev–Trinajstić information content (AvgIpc) is 2.62. The molecule has 2 aromatic rings. The summed E-state index contributed by atoms with van der Waals surface area (Å²) in [6, 6.07) is 9.26. The number of carbonyl (C=O) groups is 1. The SMILES string of the molecule is Cc1on(C)c(=O)c1C(=O)OCc1ccccc1. The number of aryl methyl sites for hydroxylation is 2. The van der Waals surface area contributed by atoms with Crippen molar-refractivity contribution in [2.45, 2.75) is 13.5 Å². The van der Waals surface area contributed by atoms with Gasteiger partial charge in [0.2, 0.25) is 0 Å². The summed E-state index contributed by atoms with van der Waals surface area (Å²) in [5.74, 6) is -0.397. The van der Waals surface area contributed by atoms with Crippen molar-refractivity contribution < 1.29 is 14.1 Å². The third-order valence-electron chi connectivity index (χ3n) is 2.54. The van der Waals surface area contributed by atoms with E-state index in [2.05, 4.69) is 0 Å². The van der Waals surface area contributed by atoms with Gasteiger partial charge in [-0.05, 0) is 12.5 Å². The standard InChI is InChI=1S/C13H13NO4/c1-9-11(12(15)14(2)18-9)13(16)17-8-10-6-4-3-5-7-10/h3-7H,8H2,1-2H3. The number of benzene rings is 1. The van der Waals surface area contributed by atoms with Gasteiger partial charge in [0, 0.05) is 7.05 Å². The Morgan fingerprint density at radius 3 is 2.56 bits per heavy atom. The molecule has 1 aromatic carbocycles. The second kappa shape index (κ2) is 4.91. The van der Waals surface area contributed by atoms with Crippen LogP contribution >= 0.6 is 0 Å². The van der Waals surface area contributed by atoms with Crippen LogP contribution in [0.3, 0.4) is 0 Å². The van der Waals surface area contributed by atoms with Crippen LogP contribution in [0.5, 0.6) is 0 Å². The van der Waals surface area contributed by atoms with E-state index in [9.17, 15) is 9.59 Å². The summed E-state index contributed by atoms with van der Waals surface area (Å²) in [4.78, 5) is 23.4. The van der Waals surface area contributed by atoms with Crippen LogP contribution in [0.4, 0.5) is 0 Å². The first kappa shape index (κ1) is 12.2. The molecule has 0 fully saturated rings. The molecule has 5 heteroatoms. The number of hydrogen-bond donors (Lipinski definition) is 0. The Kier molecular flexibility index (Phi) is 3.32. The van der Waals surface area contributed by atoms with Gasteiger partial charge in [0.05, 0.1) is 0 Å². The van der Waals surface area contributed by atoms with Gasteiger partial charge in [-0.15, -0.1) is 0 Å². The average molecular weight is 247 g/mol. The summed E-state index contributed by atoms with van der Waals surface area (Å²) in [7, 11) is 1.45. The molecule has 0 atom stereocenters. The van der Waals surface area contributed by atoms with E-state index in [0.29, 0.717) is 0 Å². The largest absolute Gasteiger partial charge is 0.457 e. The van der Waals surface area contributed by atoms with Crippen LogP contribution in [0.15, 0.2) is 39.6 Å². The van der Waals surface area contributed by atoms with E-state index in [1.165, 1.54) is 7.05 Å². The summed E-state index contributed by atoms with van der Waals surface area (Å²) < 4.78 is 11.1. The van der Waals surface area contributed by atoms with E-state index in [1.807, 2.05) is 30.3 Å². The normalized spacial score (nSPS) is 10.3. The van der Waals surface area contributed by atoms with Crippen molar-refractivity contribution in [2.24, 2.45) is 7.05 Å². The fourth-order valence-electron chi connectivity index (χ4n) is 1.63. The lowest BCUT2D eigenvalue weighted by Crippen LogP contribution is -2.20. The van der Waals surface area contributed by atoms with Crippen LogP contribution in [0.2, 0.25) is 0 Å². The van der Waals surface area contributed by atoms with Crippen molar-refractivity contribution in [2.75, 3.05) is 0 Å². The fraction of sp³-hybridized carbons (Fsp3) is 0.231. The Morgan fingerprint density at radius 1 is 1.33 bits per heavy atom. The maximum atomic E-state index is 11.8. The summed E-state index contributed by atoms with van der Waals surface area (Å²) in [5, 5.41) is 0. The molecule has 1 heterocycles. The molecule has 18 heavy (non-hydrogen) atoms. The van der Waals surface area contributed by atoms with Gasteiger partial charge in [0.15, 0.2) is 5.56 Å². The highest BCUT2D eigenvalue weighted by Gasteiger charge is 2.20. The van der Waals surface area contributed by atoms with Gasteiger partial charge in [0.1, 0.15) is 12.4 Å². The lowest BCUT2D eigenvalue weighted by molar-refractivity contribution is 0.0469. The minimum Gasteiger partial charge on any atom is -0.457 e. The first-order valence-corrected chi connectivity index (χ1v) is 5.47. The summed E-state index contributed by atoms with van der Waals surface area (Å²) in [6.45, 7) is 1.69. The lowest BCUT2D eigenvalue weighted by Gasteiger charge is -2.02. The zero-order valence-corrected chi connectivity index (χ0v) is 10.2. The summed E-state index contributed by atoms with van der Waals surface area (Å²) >= 11 is 0. The van der Waals surface area contributed by atoms with Crippen molar-refractivity contribution in [3.8, 4) is 0 Å². The molecular weight excluding hydrogens is 234 g/mol. The molecule has 0 bridgehead atoms. The lowest BCUT2D eigenvalue weighted by atomic mass is 10.2. The second-order valence-electron chi connectivity index (χ2n) is 3.89. The molecule has 0 N–H and O–H groups in total. The monoisotopic (exact) mass is 247 g/mol. The number of carbonyl (C=O) groups excluding carboxylic acids is 1. The van der Waals surface area contributed by atoms with E-state index in [-0.39, 0.29) is 17.9 Å². The first-order chi connectivity index (χ1) is 8.59. The number of esters is 1. The van der Waals surface area contributed by atoms with Gasteiger partial charge >= 0.3 is 5.97 Å². The maximum absolute atomic E-state index is 11.8. The zero-order valence-electron chi connectivity index (χ0n) is 10.2. The van der Waals surface area contributed by atoms with Crippen LogP contribution in [0.1, 0.15) is 21.7 Å². The molecule has 0 aliphatic heterocycles. The van der Waals surface area contributed by atoms with Crippen molar-refractivity contribution in [1.29, 1.82) is 0 Å². The molecule has 0 amide bonds. The Bertz CT molecular complexity index is 610. The Hall–Kier alpha value is -2.30. The molecule has 94 valence electrons. The van der Waals surface area contributed by atoms with Gasteiger partial charge in [-0.1, -0.05) is 30.3 Å². The second-order valence-corrected chi connectivity index (χ2v) is 3.89. The number of aromatic nitrogens is 1. The van der Waals surface area contributed by atoms with Crippen LogP contribution in [0, 0.1) is 6.92 Å². The van der Waals surface area contributed by atoms with Crippen molar-refractivity contribution in [3.05, 3.63) is 57.6 Å². The highest BCUT2D eigenvalue weighted by molar-refractivity contribution is 5.89. The van der Waals surface area contributed by atoms with Crippen molar-refractivity contribution >= 4 is 5.97 Å². The number of ether oxygens (including phenoxy) is 1. The zero-order chi connectivity index (χ0) is 13.1. The quantitative estimate of drug-likeness (QED) is 0.773. The fourth-order valence-corrected chi connectivity index (χ4v) is 1.63. The Morgan fingerprint density at radius 2 is 2.00 bits per heavy atom. The molecular formula is C13H13NO4. The van der Waals surface area contributed by atoms with E-state index in [1.54, 1.807) is 6.92 Å². The third-order valence-corrected chi connectivity index (χ3v) is 2.54. The first-order valence-electron chi connectivity index (χ1n) is 5.47. The minimum atomic E-state index is -0.661. The van der Waals surface area contributed by atoms with Crippen LogP contribution in [-0.2, 0) is 18.4 Å². The number of rotatable bonds is 3. The molecule has 0 unspecified atom stereocenters. The van der Waals surface area contributed by atoms with Gasteiger partial charge < -0.3 is 9.26 Å². The molecule has 0 aliphatic rings. The van der Waals surface area contributed by atoms with Gasteiger partial charge in [-0.2, -0.15) is 4.74 Å². The summed E-state index contributed by atoms with van der Waals surface area (Å²) in [6.07, 6.45) is 0. The van der Waals surface area contributed by atoms with E-state index in [4.69, 9.17) is 9.26 Å². The Labute approximate surface area is 104 Å². The predicted octanol–water partition coefficient (Wildman–Crippen LogP) is 1.64. The van der Waals surface area contributed by atoms with Crippen molar-refractivity contribution in [3.63, 3.8) is 0 Å². The summed E-state index contributed by atoms with van der Waals surface area (Å²) in [5.41, 5.74) is 0.336. The van der Waals surface area contributed by atoms with E-state index < -0.39 is 11.5 Å². The van der Waals surface area contributed by atoms with Crippen molar-refractivity contribution in [1.82, 2.24) is 4.74 Å². The minimum absolute atomic E-state index is 0.0477. The topological polar surface area (TPSA) is 61.4 Å². The molecule has 0 saturated heterocycles. The molecule has 0 radical (unpaired) electrons. The smallest absolute Gasteiger partial charge is 0.347 e. The Balaban J connectivity index is 2.11. The van der Waals surface area contributed by atoms with Crippen LogP contribution < -0.4 is 5.56 Å². The van der Waals surface area contributed by atoms with E-state index in [0.717, 1.165) is 10.3 Å². The highest BCUT2D eigenvalue weighted by Crippen LogP contribution is 2.07. The maximum Gasteiger partial charge on any atom is 0.347 e. The van der Waals surface area contributed by atoms with Gasteiger partial charge in [0.25, 0.3) is 5.56 Å². The molecule has 1 aromatic heterocycles. The molecule has 2 rings (SSSR count). The van der Waals surface area contributed by atoms with Gasteiger partial charge in [-0.25, -0.2) is 4.79 Å². The van der Waals surface area contributed by atoms with E-state index >= 15 is 0 Å². The number of hydrogen-bond acceptors (Lipinski definition) is 4.